The van der Waals surface area contributed by atoms with Crippen molar-refractivity contribution in [1.82, 2.24) is 10.3 Å². The Morgan fingerprint density at radius 2 is 2.00 bits per heavy atom. The fourth-order valence-corrected chi connectivity index (χ4v) is 4.42. The Bertz CT molecular complexity index is 737. The number of hydrogen-bond acceptors (Lipinski definition) is 4. The topological polar surface area (TPSA) is 24.9 Å². The van der Waals surface area contributed by atoms with Crippen LogP contribution in [-0.2, 0) is 0 Å². The van der Waals surface area contributed by atoms with Crippen molar-refractivity contribution in [2.45, 2.75) is 22.2 Å². The Morgan fingerprint density at radius 3 is 2.76 bits per heavy atom. The molecule has 108 valence electrons. The third-order valence-electron chi connectivity index (χ3n) is 3.35. The molecule has 5 heteroatoms. The van der Waals surface area contributed by atoms with Crippen LogP contribution >= 0.6 is 23.1 Å². The van der Waals surface area contributed by atoms with Gasteiger partial charge < -0.3 is 5.32 Å². The molecule has 0 spiro atoms. The number of rotatable bonds is 4. The quantitative estimate of drug-likeness (QED) is 0.743. The Morgan fingerprint density at radius 1 is 1.19 bits per heavy atom. The van der Waals surface area contributed by atoms with Crippen LogP contribution in [0.5, 0.6) is 0 Å². The summed E-state index contributed by atoms with van der Waals surface area (Å²) < 4.78 is 16.2. The Kier molecular flexibility index (Phi) is 4.24. The van der Waals surface area contributed by atoms with Crippen LogP contribution < -0.4 is 5.32 Å². The maximum atomic E-state index is 14.1. The second kappa shape index (κ2) is 6.13. The number of hydrogen-bond donors (Lipinski definition) is 1. The number of nitrogens with one attached hydrogen (secondary N) is 1. The summed E-state index contributed by atoms with van der Waals surface area (Å²) in [5, 5.41) is 3.10. The van der Waals surface area contributed by atoms with E-state index in [2.05, 4.69) is 16.4 Å². The van der Waals surface area contributed by atoms with Gasteiger partial charge in [-0.25, -0.2) is 9.37 Å². The molecule has 0 aliphatic heterocycles. The van der Waals surface area contributed by atoms with Crippen LogP contribution in [0.15, 0.2) is 51.7 Å². The van der Waals surface area contributed by atoms with Gasteiger partial charge in [0.2, 0.25) is 0 Å². The van der Waals surface area contributed by atoms with Crippen LogP contribution in [0.1, 0.15) is 18.5 Å². The molecule has 1 unspecified atom stereocenters. The van der Waals surface area contributed by atoms with Crippen molar-refractivity contribution in [3.63, 3.8) is 0 Å². The fraction of sp³-hybridized carbons (Fsp3) is 0.188. The van der Waals surface area contributed by atoms with E-state index in [-0.39, 0.29) is 11.9 Å². The minimum Gasteiger partial charge on any atom is -0.313 e. The van der Waals surface area contributed by atoms with Crippen molar-refractivity contribution >= 4 is 33.3 Å². The van der Waals surface area contributed by atoms with E-state index in [1.165, 1.54) is 17.8 Å². The molecule has 0 amide bonds. The van der Waals surface area contributed by atoms with Crippen LogP contribution in [0.3, 0.4) is 0 Å². The van der Waals surface area contributed by atoms with Gasteiger partial charge >= 0.3 is 0 Å². The molecule has 1 heterocycles. The summed E-state index contributed by atoms with van der Waals surface area (Å²) >= 11 is 3.16. The standard InChI is InChI=1S/C16H15FN2S2/c1-10(18-2)15-11(17)6-5-9-14(15)21-16-19-12-7-3-4-8-13(12)20-16/h3-10,18H,1-2H3. The number of benzene rings is 2. The first-order chi connectivity index (χ1) is 10.2. The van der Waals surface area contributed by atoms with Crippen LogP contribution in [0.2, 0.25) is 0 Å². The second-order valence-corrected chi connectivity index (χ2v) is 7.03. The maximum absolute atomic E-state index is 14.1. The lowest BCUT2D eigenvalue weighted by molar-refractivity contribution is 0.552. The monoisotopic (exact) mass is 318 g/mol. The number of fused-ring (bicyclic) bond motifs is 1. The van der Waals surface area contributed by atoms with E-state index in [4.69, 9.17) is 0 Å². The first-order valence-corrected chi connectivity index (χ1v) is 8.31. The van der Waals surface area contributed by atoms with Crippen molar-refractivity contribution in [1.29, 1.82) is 0 Å². The van der Waals surface area contributed by atoms with Crippen LogP contribution in [0.4, 0.5) is 4.39 Å². The van der Waals surface area contributed by atoms with Gasteiger partial charge in [0.05, 0.1) is 10.2 Å². The summed E-state index contributed by atoms with van der Waals surface area (Å²) in [6, 6.07) is 13.2. The molecule has 3 rings (SSSR count). The molecule has 0 fully saturated rings. The van der Waals surface area contributed by atoms with Crippen LogP contribution in [-0.4, -0.2) is 12.0 Å². The van der Waals surface area contributed by atoms with E-state index in [1.54, 1.807) is 17.4 Å². The van der Waals surface area contributed by atoms with Gasteiger partial charge in [0.25, 0.3) is 0 Å². The number of nitrogens with zero attached hydrogens (tertiary/aromatic N) is 1. The first-order valence-electron chi connectivity index (χ1n) is 6.68. The molecule has 1 atom stereocenters. The lowest BCUT2D eigenvalue weighted by Crippen LogP contribution is -2.14. The highest BCUT2D eigenvalue weighted by Crippen LogP contribution is 2.38. The summed E-state index contributed by atoms with van der Waals surface area (Å²) in [5.41, 5.74) is 1.69. The molecule has 1 N–H and O–H groups in total. The maximum Gasteiger partial charge on any atom is 0.155 e. The highest BCUT2D eigenvalue weighted by atomic mass is 32.2. The van der Waals surface area contributed by atoms with Gasteiger partial charge in [-0.15, -0.1) is 11.3 Å². The number of aromatic nitrogens is 1. The van der Waals surface area contributed by atoms with Crippen molar-refractivity contribution in [3.05, 3.63) is 53.8 Å². The molecule has 0 saturated heterocycles. The first kappa shape index (κ1) is 14.5. The molecule has 21 heavy (non-hydrogen) atoms. The summed E-state index contributed by atoms with van der Waals surface area (Å²) in [6.45, 7) is 1.96. The van der Waals surface area contributed by atoms with Crippen molar-refractivity contribution in [2.24, 2.45) is 0 Å². The summed E-state index contributed by atoms with van der Waals surface area (Å²) in [4.78, 5) is 5.52. The van der Waals surface area contributed by atoms with E-state index in [0.29, 0.717) is 5.56 Å². The van der Waals surface area contributed by atoms with Gasteiger partial charge in [0.15, 0.2) is 4.34 Å². The lowest BCUT2D eigenvalue weighted by atomic mass is 10.1. The molecular weight excluding hydrogens is 303 g/mol. The molecule has 2 aromatic carbocycles. The number of halogens is 1. The molecule has 2 nitrogen and oxygen atoms in total. The average Bonchev–Trinajstić information content (AvgIpc) is 2.89. The smallest absolute Gasteiger partial charge is 0.155 e. The highest BCUT2D eigenvalue weighted by molar-refractivity contribution is 8.01. The molecule has 3 aromatic rings. The molecule has 0 saturated carbocycles. The van der Waals surface area contributed by atoms with Gasteiger partial charge in [-0.2, -0.15) is 0 Å². The predicted molar refractivity (Wildman–Crippen MR) is 87.6 cm³/mol. The van der Waals surface area contributed by atoms with Crippen molar-refractivity contribution < 1.29 is 4.39 Å². The number of para-hydroxylation sites is 1. The Balaban J connectivity index is 1.99. The van der Waals surface area contributed by atoms with Gasteiger partial charge in [-0.1, -0.05) is 30.0 Å². The van der Waals surface area contributed by atoms with Gasteiger partial charge in [0, 0.05) is 16.5 Å². The largest absolute Gasteiger partial charge is 0.313 e. The third-order valence-corrected chi connectivity index (χ3v) is 5.52. The fourth-order valence-electron chi connectivity index (χ4n) is 2.16. The molecule has 0 aliphatic carbocycles. The SMILES string of the molecule is CNC(C)c1c(F)cccc1Sc1nc2ccccc2s1. The van der Waals surface area contributed by atoms with E-state index in [1.807, 2.05) is 38.2 Å². The zero-order chi connectivity index (χ0) is 14.8. The number of thiazole rings is 1. The highest BCUT2D eigenvalue weighted by Gasteiger charge is 2.16. The summed E-state index contributed by atoms with van der Waals surface area (Å²) in [5.74, 6) is -0.178. The Hall–Kier alpha value is -1.43. The molecular formula is C16H15FN2S2. The molecule has 0 radical (unpaired) electrons. The van der Waals surface area contributed by atoms with Crippen LogP contribution in [0, 0.1) is 5.82 Å². The van der Waals surface area contributed by atoms with Crippen molar-refractivity contribution in [2.75, 3.05) is 7.05 Å². The van der Waals surface area contributed by atoms with E-state index >= 15 is 0 Å². The van der Waals surface area contributed by atoms with Crippen LogP contribution in [0.25, 0.3) is 10.2 Å². The van der Waals surface area contributed by atoms with Gasteiger partial charge in [-0.3, -0.25) is 0 Å². The van der Waals surface area contributed by atoms with Crippen molar-refractivity contribution in [3.8, 4) is 0 Å². The summed E-state index contributed by atoms with van der Waals surface area (Å²) in [7, 11) is 1.84. The van der Waals surface area contributed by atoms with Gasteiger partial charge in [-0.05, 0) is 38.2 Å². The lowest BCUT2D eigenvalue weighted by Gasteiger charge is -2.15. The van der Waals surface area contributed by atoms with E-state index in [9.17, 15) is 4.39 Å². The normalized spacial score (nSPS) is 12.7. The molecule has 0 bridgehead atoms. The minimum atomic E-state index is -0.178. The summed E-state index contributed by atoms with van der Waals surface area (Å²) in [6.07, 6.45) is 0. The predicted octanol–water partition coefficient (Wildman–Crippen LogP) is 4.87. The Labute approximate surface area is 131 Å². The van der Waals surface area contributed by atoms with Gasteiger partial charge in [0.1, 0.15) is 5.82 Å². The third kappa shape index (κ3) is 2.95. The molecule has 1 aromatic heterocycles. The zero-order valence-corrected chi connectivity index (χ0v) is 13.4. The minimum absolute atomic E-state index is 0.0388. The van der Waals surface area contributed by atoms with E-state index < -0.39 is 0 Å². The van der Waals surface area contributed by atoms with E-state index in [0.717, 1.165) is 19.5 Å². The zero-order valence-electron chi connectivity index (χ0n) is 11.8. The second-order valence-electron chi connectivity index (χ2n) is 4.71. The molecule has 0 aliphatic rings. The average molecular weight is 318 g/mol.